The zero-order valence-electron chi connectivity index (χ0n) is 15.7. The maximum Gasteiger partial charge on any atom is 0.252 e. The van der Waals surface area contributed by atoms with Gasteiger partial charge < -0.3 is 5.32 Å². The first-order valence-electron chi connectivity index (χ1n) is 9.35. The lowest BCUT2D eigenvalue weighted by Gasteiger charge is -2.14. The Kier molecular flexibility index (Phi) is 5.11. The van der Waals surface area contributed by atoms with Crippen LogP contribution in [0.4, 0.5) is 0 Å². The van der Waals surface area contributed by atoms with Gasteiger partial charge in [0.25, 0.3) is 5.91 Å². The van der Waals surface area contributed by atoms with E-state index in [1.807, 2.05) is 60.7 Å². The molecule has 4 rings (SSSR count). The number of nitrogens with zero attached hydrogens (tertiary/aromatic N) is 2. The molecule has 4 heteroatoms. The molecule has 28 heavy (non-hydrogen) atoms. The summed E-state index contributed by atoms with van der Waals surface area (Å²) in [5, 5.41) is 3.93. The molecule has 1 amide bonds. The van der Waals surface area contributed by atoms with Crippen molar-refractivity contribution in [2.45, 2.75) is 12.8 Å². The van der Waals surface area contributed by atoms with Crippen molar-refractivity contribution in [1.29, 1.82) is 0 Å². The molecule has 1 N–H and O–H groups in total. The molecular weight excluding hydrogens is 346 g/mol. The predicted molar refractivity (Wildman–Crippen MR) is 112 cm³/mol. The van der Waals surface area contributed by atoms with Crippen molar-refractivity contribution >= 4 is 16.8 Å². The molecule has 0 fully saturated rings. The molecule has 2 heterocycles. The molecule has 4 aromatic rings. The van der Waals surface area contributed by atoms with Crippen molar-refractivity contribution in [3.8, 4) is 11.3 Å². The second kappa shape index (κ2) is 8.01. The van der Waals surface area contributed by atoms with Gasteiger partial charge >= 0.3 is 0 Å². The smallest absolute Gasteiger partial charge is 0.252 e. The predicted octanol–water partition coefficient (Wildman–Crippen LogP) is 4.83. The second-order valence-electron chi connectivity index (χ2n) is 6.84. The Labute approximate surface area is 164 Å². The molecule has 4 nitrogen and oxygen atoms in total. The van der Waals surface area contributed by atoms with Crippen LogP contribution in [0, 0.1) is 0 Å². The van der Waals surface area contributed by atoms with E-state index in [0.717, 1.165) is 22.2 Å². The summed E-state index contributed by atoms with van der Waals surface area (Å²) >= 11 is 0. The van der Waals surface area contributed by atoms with Gasteiger partial charge in [-0.3, -0.25) is 9.78 Å². The molecule has 0 spiro atoms. The fraction of sp³-hybridized carbons (Fsp3) is 0.125. The van der Waals surface area contributed by atoms with Crippen molar-refractivity contribution in [2.75, 3.05) is 6.54 Å². The highest BCUT2D eigenvalue weighted by Gasteiger charge is 2.15. The molecular formula is C24H21N3O. The van der Waals surface area contributed by atoms with Gasteiger partial charge in [-0.25, -0.2) is 4.98 Å². The van der Waals surface area contributed by atoms with Gasteiger partial charge in [0.15, 0.2) is 0 Å². The molecule has 2 aromatic carbocycles. The Bertz CT molecular complexity index is 1090. The minimum Gasteiger partial charge on any atom is -0.351 e. The maximum absolute atomic E-state index is 13.0. The monoisotopic (exact) mass is 367 g/mol. The van der Waals surface area contributed by atoms with Crippen molar-refractivity contribution in [2.24, 2.45) is 0 Å². The van der Waals surface area contributed by atoms with Gasteiger partial charge in [0.2, 0.25) is 0 Å². The van der Waals surface area contributed by atoms with E-state index in [-0.39, 0.29) is 11.8 Å². The minimum atomic E-state index is -0.0912. The Hall–Kier alpha value is -3.53. The summed E-state index contributed by atoms with van der Waals surface area (Å²) in [5.41, 5.74) is 4.27. The SMILES string of the molecule is C[C@@H](CNC(=O)c1cc(-c2cccnc2)nc2ccccc12)c1ccccc1. The number of benzene rings is 2. The Morgan fingerprint density at radius 2 is 1.79 bits per heavy atom. The lowest BCUT2D eigenvalue weighted by molar-refractivity contribution is 0.0953. The van der Waals surface area contributed by atoms with Crippen LogP contribution < -0.4 is 5.32 Å². The molecule has 0 aliphatic carbocycles. The summed E-state index contributed by atoms with van der Waals surface area (Å²) < 4.78 is 0. The molecule has 1 atom stereocenters. The fourth-order valence-electron chi connectivity index (χ4n) is 3.27. The van der Waals surface area contributed by atoms with Gasteiger partial charge in [-0.1, -0.05) is 55.5 Å². The summed E-state index contributed by atoms with van der Waals surface area (Å²) in [6.07, 6.45) is 3.49. The van der Waals surface area contributed by atoms with Crippen LogP contribution in [0.25, 0.3) is 22.2 Å². The van der Waals surface area contributed by atoms with Gasteiger partial charge in [0.1, 0.15) is 0 Å². The standard InChI is InChI=1S/C24H21N3O/c1-17(18-8-3-2-4-9-18)15-26-24(28)21-14-23(19-10-7-13-25-16-19)27-22-12-6-5-11-20(21)22/h2-14,16-17H,15H2,1H3,(H,26,28)/t17-/m0/s1. The molecule has 2 aromatic heterocycles. The van der Waals surface area contributed by atoms with Gasteiger partial charge in [-0.2, -0.15) is 0 Å². The Morgan fingerprint density at radius 3 is 2.57 bits per heavy atom. The van der Waals surface area contributed by atoms with E-state index >= 15 is 0 Å². The highest BCUT2D eigenvalue weighted by atomic mass is 16.1. The van der Waals surface area contributed by atoms with E-state index in [0.29, 0.717) is 12.1 Å². The molecule has 0 unspecified atom stereocenters. The average Bonchev–Trinajstić information content (AvgIpc) is 2.77. The highest BCUT2D eigenvalue weighted by Crippen LogP contribution is 2.24. The maximum atomic E-state index is 13.0. The van der Waals surface area contributed by atoms with Crippen LogP contribution in [0.5, 0.6) is 0 Å². The Balaban J connectivity index is 1.64. The summed E-state index contributed by atoms with van der Waals surface area (Å²) in [4.78, 5) is 21.9. The lowest BCUT2D eigenvalue weighted by Crippen LogP contribution is -2.27. The molecule has 0 aliphatic rings. The van der Waals surface area contributed by atoms with Crippen LogP contribution >= 0.6 is 0 Å². The third-order valence-corrected chi connectivity index (χ3v) is 4.86. The molecule has 0 bridgehead atoms. The summed E-state index contributed by atoms with van der Waals surface area (Å²) in [6.45, 7) is 2.68. The van der Waals surface area contributed by atoms with E-state index in [4.69, 9.17) is 4.98 Å². The fourth-order valence-corrected chi connectivity index (χ4v) is 3.27. The largest absolute Gasteiger partial charge is 0.351 e. The van der Waals surface area contributed by atoms with Crippen molar-refractivity contribution < 1.29 is 4.79 Å². The molecule has 0 saturated carbocycles. The molecule has 0 radical (unpaired) electrons. The zero-order valence-corrected chi connectivity index (χ0v) is 15.7. The van der Waals surface area contributed by atoms with Gasteiger partial charge in [0.05, 0.1) is 16.8 Å². The molecule has 0 saturated heterocycles. The third-order valence-electron chi connectivity index (χ3n) is 4.86. The summed E-state index contributed by atoms with van der Waals surface area (Å²) in [5.74, 6) is 0.141. The van der Waals surface area contributed by atoms with Crippen molar-refractivity contribution in [3.63, 3.8) is 0 Å². The van der Waals surface area contributed by atoms with E-state index in [2.05, 4.69) is 29.4 Å². The first-order valence-corrected chi connectivity index (χ1v) is 9.35. The number of fused-ring (bicyclic) bond motifs is 1. The number of aromatic nitrogens is 2. The number of carbonyl (C=O) groups excluding carboxylic acids is 1. The number of nitrogens with one attached hydrogen (secondary N) is 1. The van der Waals surface area contributed by atoms with Crippen LogP contribution in [0.15, 0.2) is 85.2 Å². The van der Waals surface area contributed by atoms with E-state index < -0.39 is 0 Å². The van der Waals surface area contributed by atoms with E-state index in [1.165, 1.54) is 5.56 Å². The van der Waals surface area contributed by atoms with Crippen LogP contribution in [0.3, 0.4) is 0 Å². The molecule has 0 aliphatic heterocycles. The van der Waals surface area contributed by atoms with Crippen molar-refractivity contribution in [3.05, 3.63) is 96.3 Å². The number of rotatable bonds is 5. The topological polar surface area (TPSA) is 54.9 Å². The number of carbonyl (C=O) groups is 1. The van der Waals surface area contributed by atoms with Crippen LogP contribution in [0.1, 0.15) is 28.8 Å². The van der Waals surface area contributed by atoms with Gasteiger partial charge in [-0.05, 0) is 35.7 Å². The quantitative estimate of drug-likeness (QED) is 0.550. The van der Waals surface area contributed by atoms with Gasteiger partial charge in [0, 0.05) is 29.9 Å². The van der Waals surface area contributed by atoms with Gasteiger partial charge in [-0.15, -0.1) is 0 Å². The molecule has 138 valence electrons. The van der Waals surface area contributed by atoms with Crippen LogP contribution in [-0.2, 0) is 0 Å². The number of para-hydroxylation sites is 1. The summed E-state index contributed by atoms with van der Waals surface area (Å²) in [7, 11) is 0. The lowest BCUT2D eigenvalue weighted by atomic mass is 10.0. The normalized spacial score (nSPS) is 11.9. The average molecular weight is 367 g/mol. The summed E-state index contributed by atoms with van der Waals surface area (Å²) in [6, 6.07) is 23.6. The van der Waals surface area contributed by atoms with Crippen LogP contribution in [0.2, 0.25) is 0 Å². The Morgan fingerprint density at radius 1 is 1.00 bits per heavy atom. The highest BCUT2D eigenvalue weighted by molar-refractivity contribution is 6.07. The zero-order chi connectivity index (χ0) is 19.3. The first kappa shape index (κ1) is 17.9. The number of hydrogen-bond donors (Lipinski definition) is 1. The number of pyridine rings is 2. The van der Waals surface area contributed by atoms with E-state index in [1.54, 1.807) is 12.4 Å². The minimum absolute atomic E-state index is 0.0912. The second-order valence-corrected chi connectivity index (χ2v) is 6.84. The van der Waals surface area contributed by atoms with Crippen molar-refractivity contribution in [1.82, 2.24) is 15.3 Å². The first-order chi connectivity index (χ1) is 13.7. The van der Waals surface area contributed by atoms with Crippen LogP contribution in [-0.4, -0.2) is 22.4 Å². The number of hydrogen-bond acceptors (Lipinski definition) is 3. The van der Waals surface area contributed by atoms with E-state index in [9.17, 15) is 4.79 Å². The third kappa shape index (κ3) is 3.76. The number of amides is 1.